The van der Waals surface area contributed by atoms with Crippen LogP contribution in [0.4, 0.5) is 5.69 Å². The lowest BCUT2D eigenvalue weighted by Crippen LogP contribution is -2.36. The third kappa shape index (κ3) is 5.32. The summed E-state index contributed by atoms with van der Waals surface area (Å²) in [6.45, 7) is 3.80. The Morgan fingerprint density at radius 2 is 1.62 bits per heavy atom. The van der Waals surface area contributed by atoms with Crippen molar-refractivity contribution < 1.29 is 14.4 Å². The normalized spacial score (nSPS) is 10.3. The predicted octanol–water partition coefficient (Wildman–Crippen LogP) is 2.73. The van der Waals surface area contributed by atoms with E-state index in [1.54, 1.807) is 48.5 Å². The van der Waals surface area contributed by atoms with Crippen LogP contribution in [0, 0.1) is 0 Å². The number of benzene rings is 2. The van der Waals surface area contributed by atoms with Gasteiger partial charge in [-0.05, 0) is 37.6 Å². The molecule has 0 aliphatic carbocycles. The summed E-state index contributed by atoms with van der Waals surface area (Å²) in [5.41, 5.74) is 1.25. The number of carbonyl (C=O) groups is 3. The summed E-state index contributed by atoms with van der Waals surface area (Å²) in [7, 11) is 0. The molecule has 2 rings (SSSR count). The van der Waals surface area contributed by atoms with Crippen molar-refractivity contribution in [3.63, 3.8) is 0 Å². The van der Waals surface area contributed by atoms with Gasteiger partial charge in [-0.3, -0.25) is 14.4 Å². The standard InChI is InChI=1S/C19H20ClN3O3/c1-12(2)22-17(24)14-8-4-6-10-16(14)23-19(26)18(25)21-11-13-7-3-5-9-15(13)20/h3-10,12H,11H2,1-2H3,(H,21,25)(H,22,24)(H,23,26). The lowest BCUT2D eigenvalue weighted by atomic mass is 10.1. The van der Waals surface area contributed by atoms with E-state index in [0.29, 0.717) is 10.6 Å². The van der Waals surface area contributed by atoms with E-state index in [0.717, 1.165) is 0 Å². The van der Waals surface area contributed by atoms with Gasteiger partial charge in [-0.2, -0.15) is 0 Å². The monoisotopic (exact) mass is 373 g/mol. The second-order valence-electron chi connectivity index (χ2n) is 5.90. The second-order valence-corrected chi connectivity index (χ2v) is 6.31. The van der Waals surface area contributed by atoms with Crippen molar-refractivity contribution >= 4 is 35.0 Å². The van der Waals surface area contributed by atoms with E-state index in [1.807, 2.05) is 13.8 Å². The summed E-state index contributed by atoms with van der Waals surface area (Å²) >= 11 is 6.02. The lowest BCUT2D eigenvalue weighted by Gasteiger charge is -2.13. The molecule has 6 nitrogen and oxygen atoms in total. The third-order valence-corrected chi connectivity index (χ3v) is 3.81. The zero-order chi connectivity index (χ0) is 19.1. The van der Waals surface area contributed by atoms with Gasteiger partial charge in [0.15, 0.2) is 0 Å². The average molecular weight is 374 g/mol. The van der Waals surface area contributed by atoms with E-state index in [4.69, 9.17) is 11.6 Å². The highest BCUT2D eigenvalue weighted by Gasteiger charge is 2.18. The maximum atomic E-state index is 12.2. The van der Waals surface area contributed by atoms with E-state index >= 15 is 0 Å². The molecular formula is C19H20ClN3O3. The smallest absolute Gasteiger partial charge is 0.313 e. The third-order valence-electron chi connectivity index (χ3n) is 3.44. The van der Waals surface area contributed by atoms with Crippen LogP contribution in [0.5, 0.6) is 0 Å². The molecule has 0 spiro atoms. The highest BCUT2D eigenvalue weighted by molar-refractivity contribution is 6.40. The SMILES string of the molecule is CC(C)NC(=O)c1ccccc1NC(=O)C(=O)NCc1ccccc1Cl. The Morgan fingerprint density at radius 3 is 2.31 bits per heavy atom. The molecule has 0 aromatic heterocycles. The van der Waals surface area contributed by atoms with E-state index in [2.05, 4.69) is 16.0 Å². The Kier molecular flexibility index (Phi) is 6.74. The minimum atomic E-state index is -0.859. The van der Waals surface area contributed by atoms with Gasteiger partial charge in [-0.1, -0.05) is 41.9 Å². The maximum absolute atomic E-state index is 12.2. The largest absolute Gasteiger partial charge is 0.350 e. The van der Waals surface area contributed by atoms with Gasteiger partial charge in [0, 0.05) is 17.6 Å². The van der Waals surface area contributed by atoms with E-state index in [1.165, 1.54) is 0 Å². The van der Waals surface area contributed by atoms with Gasteiger partial charge >= 0.3 is 11.8 Å². The first kappa shape index (κ1) is 19.5. The fourth-order valence-electron chi connectivity index (χ4n) is 2.21. The number of hydrogen-bond acceptors (Lipinski definition) is 3. The van der Waals surface area contributed by atoms with Crippen LogP contribution in [0.15, 0.2) is 48.5 Å². The molecule has 26 heavy (non-hydrogen) atoms. The molecule has 136 valence electrons. The van der Waals surface area contributed by atoms with Crippen LogP contribution >= 0.6 is 11.6 Å². The Hall–Kier alpha value is -2.86. The maximum Gasteiger partial charge on any atom is 0.313 e. The summed E-state index contributed by atoms with van der Waals surface area (Å²) in [6, 6.07) is 13.5. The van der Waals surface area contributed by atoms with Gasteiger partial charge in [0.25, 0.3) is 5.91 Å². The molecule has 0 saturated heterocycles. The molecule has 3 amide bonds. The molecule has 0 bridgehead atoms. The molecule has 0 aliphatic heterocycles. The average Bonchev–Trinajstić information content (AvgIpc) is 2.60. The number of nitrogens with one attached hydrogen (secondary N) is 3. The Labute approximate surface area is 156 Å². The summed E-state index contributed by atoms with van der Waals surface area (Å²) in [5.74, 6) is -2.00. The number of carbonyl (C=O) groups excluding carboxylic acids is 3. The Balaban J connectivity index is 2.02. The topological polar surface area (TPSA) is 87.3 Å². The number of rotatable bonds is 5. The molecule has 7 heteroatoms. The van der Waals surface area contributed by atoms with Crippen LogP contribution in [0.3, 0.4) is 0 Å². The van der Waals surface area contributed by atoms with Crippen molar-refractivity contribution in [1.29, 1.82) is 0 Å². The summed E-state index contributed by atoms with van der Waals surface area (Å²) < 4.78 is 0. The molecule has 0 atom stereocenters. The van der Waals surface area contributed by atoms with Gasteiger partial charge < -0.3 is 16.0 Å². The highest BCUT2D eigenvalue weighted by Crippen LogP contribution is 2.16. The first-order valence-electron chi connectivity index (χ1n) is 8.11. The van der Waals surface area contributed by atoms with E-state index in [9.17, 15) is 14.4 Å². The van der Waals surface area contributed by atoms with Crippen molar-refractivity contribution in [2.45, 2.75) is 26.4 Å². The first-order valence-corrected chi connectivity index (χ1v) is 8.48. The van der Waals surface area contributed by atoms with Gasteiger partial charge in [-0.15, -0.1) is 0 Å². The number of amides is 3. The molecule has 0 radical (unpaired) electrons. The van der Waals surface area contributed by atoms with Crippen LogP contribution in [0.1, 0.15) is 29.8 Å². The molecular weight excluding hydrogens is 354 g/mol. The van der Waals surface area contributed by atoms with Gasteiger partial charge in [-0.25, -0.2) is 0 Å². The molecule has 0 unspecified atom stereocenters. The molecule has 0 heterocycles. The molecule has 0 aliphatic rings. The fraction of sp³-hybridized carbons (Fsp3) is 0.211. The summed E-state index contributed by atoms with van der Waals surface area (Å²) in [6.07, 6.45) is 0. The fourth-order valence-corrected chi connectivity index (χ4v) is 2.41. The lowest BCUT2D eigenvalue weighted by molar-refractivity contribution is -0.136. The molecule has 3 N–H and O–H groups in total. The first-order chi connectivity index (χ1) is 12.4. The zero-order valence-corrected chi connectivity index (χ0v) is 15.3. The van der Waals surface area contributed by atoms with Crippen LogP contribution in [0.25, 0.3) is 0 Å². The van der Waals surface area contributed by atoms with Gasteiger partial charge in [0.05, 0.1) is 11.3 Å². The van der Waals surface area contributed by atoms with Gasteiger partial charge in [0.2, 0.25) is 0 Å². The quantitative estimate of drug-likeness (QED) is 0.704. The van der Waals surface area contributed by atoms with Crippen LogP contribution in [-0.2, 0) is 16.1 Å². The Bertz CT molecular complexity index is 821. The predicted molar refractivity (Wildman–Crippen MR) is 101 cm³/mol. The van der Waals surface area contributed by atoms with Crippen molar-refractivity contribution in [2.75, 3.05) is 5.32 Å². The van der Waals surface area contributed by atoms with Crippen molar-refractivity contribution in [2.24, 2.45) is 0 Å². The minimum Gasteiger partial charge on any atom is -0.350 e. The number of hydrogen-bond donors (Lipinski definition) is 3. The second kappa shape index (κ2) is 9.01. The summed E-state index contributed by atoms with van der Waals surface area (Å²) in [5, 5.41) is 8.23. The number of para-hydroxylation sites is 1. The van der Waals surface area contributed by atoms with E-state index in [-0.39, 0.29) is 29.7 Å². The van der Waals surface area contributed by atoms with Crippen molar-refractivity contribution in [3.05, 3.63) is 64.7 Å². The van der Waals surface area contributed by atoms with Crippen molar-refractivity contribution in [1.82, 2.24) is 10.6 Å². The number of anilines is 1. The van der Waals surface area contributed by atoms with Crippen LogP contribution in [0.2, 0.25) is 5.02 Å². The summed E-state index contributed by atoms with van der Waals surface area (Å²) in [4.78, 5) is 36.3. The van der Waals surface area contributed by atoms with Crippen molar-refractivity contribution in [3.8, 4) is 0 Å². The molecule has 2 aromatic rings. The molecule has 2 aromatic carbocycles. The van der Waals surface area contributed by atoms with Crippen LogP contribution < -0.4 is 16.0 Å². The Morgan fingerprint density at radius 1 is 0.962 bits per heavy atom. The zero-order valence-electron chi connectivity index (χ0n) is 14.5. The van der Waals surface area contributed by atoms with E-state index < -0.39 is 11.8 Å². The highest BCUT2D eigenvalue weighted by atomic mass is 35.5. The minimum absolute atomic E-state index is 0.0508. The molecule has 0 saturated carbocycles. The van der Waals surface area contributed by atoms with Crippen LogP contribution in [-0.4, -0.2) is 23.8 Å². The van der Waals surface area contributed by atoms with Gasteiger partial charge in [0.1, 0.15) is 0 Å². The number of halogens is 1. The molecule has 0 fully saturated rings.